The highest BCUT2D eigenvalue weighted by Gasteiger charge is 2.47. The van der Waals surface area contributed by atoms with Crippen molar-refractivity contribution in [2.24, 2.45) is 5.92 Å². The van der Waals surface area contributed by atoms with Crippen LogP contribution in [0, 0.1) is 17.4 Å². The van der Waals surface area contributed by atoms with Crippen LogP contribution in [-0.4, -0.2) is 41.4 Å². The minimum absolute atomic E-state index is 0.0233. The molecular formula is C18H19BrN4O2. The average molecular weight is 403 g/mol. The number of fused-ring (bicyclic) bond motifs is 2. The lowest BCUT2D eigenvalue weighted by Gasteiger charge is -2.23. The molecule has 3 saturated heterocycles. The number of hydrogen-bond acceptors (Lipinski definition) is 4. The van der Waals surface area contributed by atoms with Gasteiger partial charge in [0.2, 0.25) is 11.8 Å². The van der Waals surface area contributed by atoms with Gasteiger partial charge in [-0.3, -0.25) is 9.59 Å². The molecule has 2 bridgehead atoms. The van der Waals surface area contributed by atoms with E-state index in [9.17, 15) is 14.9 Å². The molecule has 3 aliphatic heterocycles. The van der Waals surface area contributed by atoms with Crippen LogP contribution in [0.1, 0.15) is 25.7 Å². The fraction of sp³-hybridized carbons (Fsp3) is 0.500. The molecule has 1 aromatic rings. The first-order chi connectivity index (χ1) is 12.1. The third kappa shape index (κ3) is 2.89. The van der Waals surface area contributed by atoms with Crippen molar-refractivity contribution in [3.05, 3.63) is 28.7 Å². The second-order valence-electron chi connectivity index (χ2n) is 7.04. The van der Waals surface area contributed by atoms with Crippen LogP contribution in [0.2, 0.25) is 0 Å². The van der Waals surface area contributed by atoms with Gasteiger partial charge >= 0.3 is 0 Å². The molecule has 0 saturated carbocycles. The Balaban J connectivity index is 1.41. The molecule has 130 valence electrons. The quantitative estimate of drug-likeness (QED) is 0.784. The van der Waals surface area contributed by atoms with Gasteiger partial charge in [0, 0.05) is 29.2 Å². The van der Waals surface area contributed by atoms with Gasteiger partial charge in [0.15, 0.2) is 6.19 Å². The van der Waals surface area contributed by atoms with Gasteiger partial charge < -0.3 is 15.1 Å². The SMILES string of the molecule is N#CN1C2CCC1C(NC(=O)[C@@H]1CC(=O)N(c3cccc(Br)c3)C1)C2. The lowest BCUT2D eigenvalue weighted by Crippen LogP contribution is -2.46. The van der Waals surface area contributed by atoms with E-state index in [-0.39, 0.29) is 42.3 Å². The van der Waals surface area contributed by atoms with Crippen LogP contribution >= 0.6 is 15.9 Å². The van der Waals surface area contributed by atoms with Crippen molar-refractivity contribution >= 4 is 33.4 Å². The maximum absolute atomic E-state index is 12.7. The monoisotopic (exact) mass is 402 g/mol. The summed E-state index contributed by atoms with van der Waals surface area (Å²) in [7, 11) is 0. The van der Waals surface area contributed by atoms with Crippen molar-refractivity contribution in [2.75, 3.05) is 11.4 Å². The van der Waals surface area contributed by atoms with Crippen LogP contribution in [-0.2, 0) is 9.59 Å². The molecule has 1 N–H and O–H groups in total. The Hall–Kier alpha value is -2.07. The van der Waals surface area contributed by atoms with E-state index >= 15 is 0 Å². The summed E-state index contributed by atoms with van der Waals surface area (Å²) in [5.41, 5.74) is 0.810. The molecule has 3 heterocycles. The second-order valence-corrected chi connectivity index (χ2v) is 7.96. The number of carbonyl (C=O) groups is 2. The van der Waals surface area contributed by atoms with Gasteiger partial charge in [-0.1, -0.05) is 22.0 Å². The van der Waals surface area contributed by atoms with E-state index in [1.54, 1.807) is 4.90 Å². The van der Waals surface area contributed by atoms with Gasteiger partial charge in [0.1, 0.15) is 0 Å². The number of nitrogens with one attached hydrogen (secondary N) is 1. The molecule has 3 fully saturated rings. The Morgan fingerprint density at radius 2 is 2.20 bits per heavy atom. The van der Waals surface area contributed by atoms with Gasteiger partial charge in [-0.2, -0.15) is 5.26 Å². The smallest absolute Gasteiger partial charge is 0.227 e. The molecule has 4 rings (SSSR count). The summed E-state index contributed by atoms with van der Waals surface area (Å²) in [4.78, 5) is 28.5. The van der Waals surface area contributed by atoms with E-state index < -0.39 is 0 Å². The zero-order valence-corrected chi connectivity index (χ0v) is 15.3. The summed E-state index contributed by atoms with van der Waals surface area (Å²) in [6, 6.07) is 7.97. The molecule has 6 nitrogen and oxygen atoms in total. The van der Waals surface area contributed by atoms with Gasteiger partial charge in [0.05, 0.1) is 18.0 Å². The predicted octanol–water partition coefficient (Wildman–Crippen LogP) is 2.00. The third-order valence-corrected chi connectivity index (χ3v) is 6.09. The third-order valence-electron chi connectivity index (χ3n) is 5.60. The van der Waals surface area contributed by atoms with Crippen molar-refractivity contribution < 1.29 is 9.59 Å². The normalized spacial score (nSPS) is 30.6. The van der Waals surface area contributed by atoms with Crippen molar-refractivity contribution in [1.82, 2.24) is 10.2 Å². The van der Waals surface area contributed by atoms with E-state index in [0.717, 1.165) is 29.4 Å². The number of nitrogens with zero attached hydrogens (tertiary/aromatic N) is 3. The van der Waals surface area contributed by atoms with Crippen LogP contribution in [0.5, 0.6) is 0 Å². The predicted molar refractivity (Wildman–Crippen MR) is 95.4 cm³/mol. The van der Waals surface area contributed by atoms with Crippen molar-refractivity contribution in [2.45, 2.75) is 43.8 Å². The highest BCUT2D eigenvalue weighted by molar-refractivity contribution is 9.10. The number of hydrogen-bond donors (Lipinski definition) is 1. The lowest BCUT2D eigenvalue weighted by atomic mass is 9.94. The Kier molecular flexibility index (Phi) is 4.16. The molecule has 0 aliphatic carbocycles. The van der Waals surface area contributed by atoms with Crippen LogP contribution in [0.4, 0.5) is 5.69 Å². The minimum atomic E-state index is -0.332. The number of anilines is 1. The van der Waals surface area contributed by atoms with Crippen LogP contribution in [0.3, 0.4) is 0 Å². The Bertz CT molecular complexity index is 762. The molecule has 1 aromatic carbocycles. The van der Waals surface area contributed by atoms with Gasteiger partial charge in [-0.25, -0.2) is 0 Å². The Morgan fingerprint density at radius 3 is 2.92 bits per heavy atom. The van der Waals surface area contributed by atoms with Gasteiger partial charge in [-0.15, -0.1) is 0 Å². The van der Waals surface area contributed by atoms with E-state index in [4.69, 9.17) is 0 Å². The van der Waals surface area contributed by atoms with E-state index in [2.05, 4.69) is 27.4 Å². The number of nitriles is 1. The maximum atomic E-state index is 12.7. The van der Waals surface area contributed by atoms with Gasteiger partial charge in [-0.05, 0) is 37.5 Å². The summed E-state index contributed by atoms with van der Waals surface area (Å²) in [5.74, 6) is -0.424. The number of rotatable bonds is 3. The number of benzene rings is 1. The number of halogens is 1. The molecule has 25 heavy (non-hydrogen) atoms. The van der Waals surface area contributed by atoms with E-state index in [1.807, 2.05) is 29.2 Å². The molecule has 0 aromatic heterocycles. The number of amides is 2. The number of carbonyl (C=O) groups excluding carboxylic acids is 2. The summed E-state index contributed by atoms with van der Waals surface area (Å²) < 4.78 is 0.907. The van der Waals surface area contributed by atoms with Crippen LogP contribution in [0.25, 0.3) is 0 Å². The molecule has 0 spiro atoms. The fourth-order valence-corrected chi connectivity index (χ4v) is 4.76. The van der Waals surface area contributed by atoms with E-state index in [1.165, 1.54) is 0 Å². The highest BCUT2D eigenvalue weighted by Crippen LogP contribution is 2.37. The van der Waals surface area contributed by atoms with Crippen LogP contribution in [0.15, 0.2) is 28.7 Å². The average Bonchev–Trinajstić information content (AvgIpc) is 3.26. The van der Waals surface area contributed by atoms with Crippen molar-refractivity contribution in [3.63, 3.8) is 0 Å². The standard InChI is InChI=1S/C18H19BrN4O2/c19-12-2-1-3-13(7-12)22-9-11(6-17(22)24)18(25)21-15-8-14-4-5-16(15)23(14)10-20/h1-3,7,11,14-16H,4-6,8-9H2,(H,21,25)/t11-,14?,15?,16?/m1/s1. The zero-order valence-electron chi connectivity index (χ0n) is 13.7. The zero-order chi connectivity index (χ0) is 17.6. The molecule has 3 aliphatic rings. The summed E-state index contributed by atoms with van der Waals surface area (Å²) in [5, 5.41) is 12.3. The maximum Gasteiger partial charge on any atom is 0.227 e. The largest absolute Gasteiger partial charge is 0.351 e. The van der Waals surface area contributed by atoms with Crippen molar-refractivity contribution in [1.29, 1.82) is 5.26 Å². The summed E-state index contributed by atoms with van der Waals surface area (Å²) in [6.07, 6.45) is 5.31. The molecule has 3 unspecified atom stereocenters. The summed E-state index contributed by atoms with van der Waals surface area (Å²) >= 11 is 3.41. The van der Waals surface area contributed by atoms with E-state index in [0.29, 0.717) is 6.54 Å². The highest BCUT2D eigenvalue weighted by atomic mass is 79.9. The Labute approximate surface area is 154 Å². The molecule has 2 amide bonds. The fourth-order valence-electron chi connectivity index (χ4n) is 4.38. The van der Waals surface area contributed by atoms with Crippen LogP contribution < -0.4 is 10.2 Å². The first kappa shape index (κ1) is 16.4. The molecular weight excluding hydrogens is 384 g/mol. The Morgan fingerprint density at radius 1 is 1.36 bits per heavy atom. The van der Waals surface area contributed by atoms with Gasteiger partial charge in [0.25, 0.3) is 0 Å². The summed E-state index contributed by atoms with van der Waals surface area (Å²) in [6.45, 7) is 0.407. The first-order valence-electron chi connectivity index (χ1n) is 8.61. The molecule has 0 radical (unpaired) electrons. The minimum Gasteiger partial charge on any atom is -0.351 e. The second kappa shape index (κ2) is 6.34. The molecule has 4 atom stereocenters. The first-order valence-corrected chi connectivity index (χ1v) is 9.40. The molecule has 7 heteroatoms. The van der Waals surface area contributed by atoms with Crippen molar-refractivity contribution in [3.8, 4) is 6.19 Å². The lowest BCUT2D eigenvalue weighted by molar-refractivity contribution is -0.127. The topological polar surface area (TPSA) is 76.4 Å².